The van der Waals surface area contributed by atoms with Gasteiger partial charge in [0.15, 0.2) is 0 Å². The fourth-order valence-corrected chi connectivity index (χ4v) is 2.40. The van der Waals surface area contributed by atoms with Crippen LogP contribution in [0.4, 0.5) is 0 Å². The largest absolute Gasteiger partial charge is 0.335 e. The maximum absolute atomic E-state index is 4.58. The van der Waals surface area contributed by atoms with Crippen LogP contribution in [0, 0.1) is 0 Å². The minimum Gasteiger partial charge on any atom is -0.335 e. The van der Waals surface area contributed by atoms with Crippen molar-refractivity contribution in [3.8, 4) is 0 Å². The molecule has 0 aromatic carbocycles. The van der Waals surface area contributed by atoms with Crippen molar-refractivity contribution in [3.63, 3.8) is 0 Å². The molecule has 15 heavy (non-hydrogen) atoms. The Balaban J connectivity index is 2.13. The highest BCUT2D eigenvalue weighted by Gasteiger charge is 2.19. The molecule has 0 radical (unpaired) electrons. The number of hydrogen-bond donors (Lipinski definition) is 1. The van der Waals surface area contributed by atoms with E-state index < -0.39 is 0 Å². The van der Waals surface area contributed by atoms with E-state index >= 15 is 0 Å². The molecule has 84 valence electrons. The number of nitrogens with one attached hydrogen (secondary N) is 1. The van der Waals surface area contributed by atoms with Crippen LogP contribution in [0.25, 0.3) is 0 Å². The SMILES string of the molecule is CCCc1cnc(C2CCCNC2)n1C. The summed E-state index contributed by atoms with van der Waals surface area (Å²) in [5, 5.41) is 3.45. The second-order valence-electron chi connectivity index (χ2n) is 4.46. The first-order valence-corrected chi connectivity index (χ1v) is 6.04. The van der Waals surface area contributed by atoms with Crippen molar-refractivity contribution >= 4 is 0 Å². The van der Waals surface area contributed by atoms with E-state index in [1.54, 1.807) is 0 Å². The Morgan fingerprint density at radius 3 is 3.13 bits per heavy atom. The molecule has 0 spiro atoms. The van der Waals surface area contributed by atoms with Gasteiger partial charge >= 0.3 is 0 Å². The van der Waals surface area contributed by atoms with Crippen LogP contribution < -0.4 is 5.32 Å². The zero-order chi connectivity index (χ0) is 10.7. The van der Waals surface area contributed by atoms with Gasteiger partial charge in [0.25, 0.3) is 0 Å². The first-order chi connectivity index (χ1) is 7.33. The summed E-state index contributed by atoms with van der Waals surface area (Å²) >= 11 is 0. The van der Waals surface area contributed by atoms with E-state index in [-0.39, 0.29) is 0 Å². The van der Waals surface area contributed by atoms with Crippen LogP contribution in [0.3, 0.4) is 0 Å². The van der Waals surface area contributed by atoms with Crippen LogP contribution in [0.2, 0.25) is 0 Å². The second-order valence-corrected chi connectivity index (χ2v) is 4.46. The number of aromatic nitrogens is 2. The molecule has 1 N–H and O–H groups in total. The van der Waals surface area contributed by atoms with Crippen LogP contribution in [-0.2, 0) is 13.5 Å². The van der Waals surface area contributed by atoms with Crippen molar-refractivity contribution in [2.24, 2.45) is 7.05 Å². The normalized spacial score (nSPS) is 21.9. The molecule has 0 saturated carbocycles. The van der Waals surface area contributed by atoms with E-state index in [1.165, 1.54) is 37.3 Å². The van der Waals surface area contributed by atoms with Gasteiger partial charge < -0.3 is 9.88 Å². The van der Waals surface area contributed by atoms with Gasteiger partial charge in [-0.2, -0.15) is 0 Å². The highest BCUT2D eigenvalue weighted by atomic mass is 15.1. The van der Waals surface area contributed by atoms with E-state index in [2.05, 4.69) is 28.8 Å². The number of nitrogens with zero attached hydrogens (tertiary/aromatic N) is 2. The van der Waals surface area contributed by atoms with Crippen molar-refractivity contribution < 1.29 is 0 Å². The lowest BCUT2D eigenvalue weighted by atomic mass is 9.99. The summed E-state index contributed by atoms with van der Waals surface area (Å²) in [5.74, 6) is 1.89. The number of aryl methyl sites for hydroxylation is 1. The Kier molecular flexibility index (Phi) is 3.41. The molecule has 2 heterocycles. The average Bonchev–Trinajstić information content (AvgIpc) is 2.63. The molecule has 1 unspecified atom stereocenters. The van der Waals surface area contributed by atoms with Crippen LogP contribution >= 0.6 is 0 Å². The summed E-state index contributed by atoms with van der Waals surface area (Å²) in [7, 11) is 2.15. The topological polar surface area (TPSA) is 29.9 Å². The van der Waals surface area contributed by atoms with Crippen LogP contribution in [0.1, 0.15) is 43.6 Å². The second kappa shape index (κ2) is 4.79. The molecule has 2 rings (SSSR count). The molecule has 3 nitrogen and oxygen atoms in total. The highest BCUT2D eigenvalue weighted by Crippen LogP contribution is 2.22. The van der Waals surface area contributed by atoms with Gasteiger partial charge in [0.1, 0.15) is 5.82 Å². The van der Waals surface area contributed by atoms with Crippen molar-refractivity contribution in [1.82, 2.24) is 14.9 Å². The Hall–Kier alpha value is -0.830. The van der Waals surface area contributed by atoms with Gasteiger partial charge in [-0.05, 0) is 25.8 Å². The smallest absolute Gasteiger partial charge is 0.112 e. The third-order valence-electron chi connectivity index (χ3n) is 3.29. The van der Waals surface area contributed by atoms with Crippen molar-refractivity contribution in [3.05, 3.63) is 17.7 Å². The number of piperidine rings is 1. The van der Waals surface area contributed by atoms with E-state index in [4.69, 9.17) is 0 Å². The van der Waals surface area contributed by atoms with Gasteiger partial charge in [0.05, 0.1) is 0 Å². The minimum absolute atomic E-state index is 0.620. The van der Waals surface area contributed by atoms with Gasteiger partial charge in [0.2, 0.25) is 0 Å². The summed E-state index contributed by atoms with van der Waals surface area (Å²) < 4.78 is 2.29. The molecule has 1 aromatic heterocycles. The lowest BCUT2D eigenvalue weighted by molar-refractivity contribution is 0.437. The Morgan fingerprint density at radius 1 is 1.60 bits per heavy atom. The van der Waals surface area contributed by atoms with Crippen molar-refractivity contribution in [1.29, 1.82) is 0 Å². The molecule has 1 atom stereocenters. The molecule has 3 heteroatoms. The maximum atomic E-state index is 4.58. The molecule has 0 bridgehead atoms. The summed E-state index contributed by atoms with van der Waals surface area (Å²) in [6.07, 6.45) is 6.95. The predicted molar refractivity (Wildman–Crippen MR) is 62.0 cm³/mol. The van der Waals surface area contributed by atoms with Gasteiger partial charge in [-0.1, -0.05) is 13.3 Å². The van der Waals surface area contributed by atoms with E-state index in [0.29, 0.717) is 5.92 Å². The Morgan fingerprint density at radius 2 is 2.47 bits per heavy atom. The molecule has 0 amide bonds. The molecule has 0 aliphatic carbocycles. The van der Waals surface area contributed by atoms with Crippen LogP contribution in [0.5, 0.6) is 0 Å². The van der Waals surface area contributed by atoms with Crippen LogP contribution in [-0.4, -0.2) is 22.6 Å². The standard InChI is InChI=1S/C12H21N3/c1-3-5-11-9-14-12(15(11)2)10-6-4-7-13-8-10/h9-10,13H,3-8H2,1-2H3. The highest BCUT2D eigenvalue weighted by molar-refractivity contribution is 5.10. The summed E-state index contributed by atoms with van der Waals surface area (Å²) in [6, 6.07) is 0. The van der Waals surface area contributed by atoms with E-state index in [0.717, 1.165) is 13.0 Å². The summed E-state index contributed by atoms with van der Waals surface area (Å²) in [4.78, 5) is 4.58. The molecule has 1 fully saturated rings. The molecule has 1 saturated heterocycles. The molecular formula is C12H21N3. The summed E-state index contributed by atoms with van der Waals surface area (Å²) in [5.41, 5.74) is 1.37. The van der Waals surface area contributed by atoms with Gasteiger partial charge in [-0.3, -0.25) is 0 Å². The summed E-state index contributed by atoms with van der Waals surface area (Å²) in [6.45, 7) is 4.48. The Bertz CT molecular complexity index is 311. The quantitative estimate of drug-likeness (QED) is 0.819. The minimum atomic E-state index is 0.620. The molecule has 1 aliphatic rings. The fourth-order valence-electron chi connectivity index (χ4n) is 2.40. The predicted octanol–water partition coefficient (Wildman–Crippen LogP) is 1.84. The first kappa shape index (κ1) is 10.7. The molecule has 1 aromatic rings. The monoisotopic (exact) mass is 207 g/mol. The lowest BCUT2D eigenvalue weighted by Crippen LogP contribution is -2.29. The lowest BCUT2D eigenvalue weighted by Gasteiger charge is -2.22. The van der Waals surface area contributed by atoms with E-state index in [1.807, 2.05) is 6.20 Å². The zero-order valence-electron chi connectivity index (χ0n) is 9.79. The fraction of sp³-hybridized carbons (Fsp3) is 0.750. The zero-order valence-corrected chi connectivity index (χ0v) is 9.79. The number of rotatable bonds is 3. The maximum Gasteiger partial charge on any atom is 0.112 e. The number of imidazole rings is 1. The van der Waals surface area contributed by atoms with Crippen molar-refractivity contribution in [2.45, 2.75) is 38.5 Å². The number of hydrogen-bond acceptors (Lipinski definition) is 2. The molecule has 1 aliphatic heterocycles. The van der Waals surface area contributed by atoms with E-state index in [9.17, 15) is 0 Å². The molecular weight excluding hydrogens is 186 g/mol. The third-order valence-corrected chi connectivity index (χ3v) is 3.29. The average molecular weight is 207 g/mol. The Labute approximate surface area is 91.9 Å². The first-order valence-electron chi connectivity index (χ1n) is 6.04. The third kappa shape index (κ3) is 2.23. The van der Waals surface area contributed by atoms with Crippen LogP contribution in [0.15, 0.2) is 6.20 Å². The van der Waals surface area contributed by atoms with Gasteiger partial charge in [-0.25, -0.2) is 4.98 Å². The van der Waals surface area contributed by atoms with Gasteiger partial charge in [0, 0.05) is 31.4 Å². The van der Waals surface area contributed by atoms with Crippen molar-refractivity contribution in [2.75, 3.05) is 13.1 Å². The van der Waals surface area contributed by atoms with Gasteiger partial charge in [-0.15, -0.1) is 0 Å².